The second-order valence-corrected chi connectivity index (χ2v) is 6.91. The van der Waals surface area contributed by atoms with Crippen molar-refractivity contribution in [2.24, 2.45) is 12.5 Å². The largest absolute Gasteiger partial charge is 0.212 e. The summed E-state index contributed by atoms with van der Waals surface area (Å²) in [5.74, 6) is 0. The zero-order valence-corrected chi connectivity index (χ0v) is 13.4. The Balaban J connectivity index is 2.25. The van der Waals surface area contributed by atoms with E-state index in [1.54, 1.807) is 0 Å². The lowest BCUT2D eigenvalue weighted by molar-refractivity contribution is -0.660. The first kappa shape index (κ1) is 14.8. The molecule has 2 rings (SSSR count). The molecule has 0 amide bonds. The van der Waals surface area contributed by atoms with Gasteiger partial charge < -0.3 is 0 Å². The van der Waals surface area contributed by atoms with Gasteiger partial charge in [0.2, 0.25) is 5.69 Å². The number of aromatic nitrogens is 1. The van der Waals surface area contributed by atoms with Crippen LogP contribution in [0.25, 0.3) is 11.3 Å². The fourth-order valence-electron chi connectivity index (χ4n) is 2.47. The minimum Gasteiger partial charge on any atom is -0.201 e. The van der Waals surface area contributed by atoms with E-state index >= 15 is 0 Å². The molecule has 1 nitrogen and oxygen atoms in total. The molecule has 1 heteroatoms. The van der Waals surface area contributed by atoms with Gasteiger partial charge in [-0.2, -0.15) is 0 Å². The second kappa shape index (κ2) is 5.78. The smallest absolute Gasteiger partial charge is 0.201 e. The number of hydrogen-bond acceptors (Lipinski definition) is 0. The average molecular weight is 268 g/mol. The van der Waals surface area contributed by atoms with Crippen molar-refractivity contribution in [1.29, 1.82) is 0 Å². The van der Waals surface area contributed by atoms with Crippen LogP contribution in [0.15, 0.2) is 42.6 Å². The first-order chi connectivity index (χ1) is 9.37. The van der Waals surface area contributed by atoms with Crippen molar-refractivity contribution in [1.82, 2.24) is 0 Å². The molecule has 2 aromatic rings. The predicted molar refractivity (Wildman–Crippen MR) is 85.6 cm³/mol. The Labute approximate surface area is 123 Å². The van der Waals surface area contributed by atoms with Crippen LogP contribution in [0.4, 0.5) is 0 Å². The molecular weight excluding hydrogens is 242 g/mol. The normalized spacial score (nSPS) is 11.7. The molecule has 1 heterocycles. The summed E-state index contributed by atoms with van der Waals surface area (Å²) in [6.07, 6.45) is 4.63. The Bertz CT molecular complexity index is 591. The van der Waals surface area contributed by atoms with Crippen molar-refractivity contribution in [3.8, 4) is 11.3 Å². The lowest BCUT2D eigenvalue weighted by Crippen LogP contribution is -2.31. The molecule has 0 N–H and O–H groups in total. The fourth-order valence-corrected chi connectivity index (χ4v) is 2.47. The van der Waals surface area contributed by atoms with E-state index in [9.17, 15) is 0 Å². The van der Waals surface area contributed by atoms with Crippen molar-refractivity contribution in [3.63, 3.8) is 0 Å². The highest BCUT2D eigenvalue weighted by Crippen LogP contribution is 2.23. The third kappa shape index (κ3) is 3.69. The van der Waals surface area contributed by atoms with Gasteiger partial charge in [-0.25, -0.2) is 4.57 Å². The standard InChI is InChI=1S/C19H26N/c1-15-8-6-7-9-17(15)18-11-10-16(14-20(18)5)12-13-19(2,3)4/h6-11,14H,12-13H2,1-5H3/q+1. The molecule has 20 heavy (non-hydrogen) atoms. The number of rotatable bonds is 3. The first-order valence-corrected chi connectivity index (χ1v) is 7.41. The van der Waals surface area contributed by atoms with Gasteiger partial charge in [-0.3, -0.25) is 0 Å². The summed E-state index contributed by atoms with van der Waals surface area (Å²) in [5, 5.41) is 0. The summed E-state index contributed by atoms with van der Waals surface area (Å²) in [7, 11) is 2.14. The molecular formula is C19H26N+. The van der Waals surface area contributed by atoms with E-state index in [1.807, 2.05) is 0 Å². The highest BCUT2D eigenvalue weighted by atomic mass is 14.9. The maximum atomic E-state index is 2.30. The van der Waals surface area contributed by atoms with Crippen LogP contribution in [-0.4, -0.2) is 0 Å². The lowest BCUT2D eigenvalue weighted by Gasteiger charge is -2.17. The van der Waals surface area contributed by atoms with E-state index in [4.69, 9.17) is 0 Å². The molecule has 0 aliphatic rings. The van der Waals surface area contributed by atoms with Gasteiger partial charge in [0.25, 0.3) is 0 Å². The van der Waals surface area contributed by atoms with Crippen LogP contribution in [-0.2, 0) is 13.5 Å². The number of aryl methyl sites for hydroxylation is 3. The Morgan fingerprint density at radius 1 is 1.00 bits per heavy atom. The monoisotopic (exact) mass is 268 g/mol. The van der Waals surface area contributed by atoms with Gasteiger partial charge in [-0.15, -0.1) is 0 Å². The third-order valence-electron chi connectivity index (χ3n) is 3.78. The van der Waals surface area contributed by atoms with Crippen LogP contribution in [0, 0.1) is 12.3 Å². The predicted octanol–water partition coefficient (Wildman–Crippen LogP) is 4.47. The molecule has 0 saturated heterocycles. The van der Waals surface area contributed by atoms with Crippen LogP contribution in [0.2, 0.25) is 0 Å². The van der Waals surface area contributed by atoms with E-state index in [2.05, 4.69) is 81.9 Å². The minimum atomic E-state index is 0.396. The van der Waals surface area contributed by atoms with E-state index < -0.39 is 0 Å². The number of hydrogen-bond donors (Lipinski definition) is 0. The van der Waals surface area contributed by atoms with Crippen LogP contribution in [0.1, 0.15) is 38.3 Å². The quantitative estimate of drug-likeness (QED) is 0.723. The molecule has 0 atom stereocenters. The van der Waals surface area contributed by atoms with Crippen LogP contribution in [0.3, 0.4) is 0 Å². The first-order valence-electron chi connectivity index (χ1n) is 7.41. The summed E-state index contributed by atoms with van der Waals surface area (Å²) >= 11 is 0. The van der Waals surface area contributed by atoms with Crippen LogP contribution >= 0.6 is 0 Å². The molecule has 1 aromatic carbocycles. The number of nitrogens with zero attached hydrogens (tertiary/aromatic N) is 1. The zero-order chi connectivity index (χ0) is 14.8. The molecule has 0 radical (unpaired) electrons. The van der Waals surface area contributed by atoms with Gasteiger partial charge in [0.15, 0.2) is 6.20 Å². The summed E-state index contributed by atoms with van der Waals surface area (Å²) in [6, 6.07) is 13.1. The SMILES string of the molecule is Cc1ccccc1-c1ccc(CCC(C)(C)C)c[n+]1C. The molecule has 0 bridgehead atoms. The topological polar surface area (TPSA) is 3.88 Å². The van der Waals surface area contributed by atoms with Crippen LogP contribution in [0.5, 0.6) is 0 Å². The van der Waals surface area contributed by atoms with Gasteiger partial charge >= 0.3 is 0 Å². The minimum absolute atomic E-state index is 0.396. The summed E-state index contributed by atoms with van der Waals surface area (Å²) in [5.41, 5.74) is 5.73. The fraction of sp³-hybridized carbons (Fsp3) is 0.421. The summed E-state index contributed by atoms with van der Waals surface area (Å²) < 4.78 is 2.25. The van der Waals surface area contributed by atoms with Crippen molar-refractivity contribution in [3.05, 3.63) is 53.7 Å². The van der Waals surface area contributed by atoms with E-state index in [0.717, 1.165) is 6.42 Å². The van der Waals surface area contributed by atoms with Gasteiger partial charge in [-0.05, 0) is 42.9 Å². The van der Waals surface area contributed by atoms with Crippen LogP contribution < -0.4 is 4.57 Å². The summed E-state index contributed by atoms with van der Waals surface area (Å²) in [4.78, 5) is 0. The van der Waals surface area contributed by atoms with Gasteiger partial charge in [0.05, 0.1) is 0 Å². The molecule has 0 unspecified atom stereocenters. The lowest BCUT2D eigenvalue weighted by atomic mass is 9.89. The Morgan fingerprint density at radius 3 is 2.30 bits per heavy atom. The highest BCUT2D eigenvalue weighted by molar-refractivity contribution is 5.60. The Kier molecular flexibility index (Phi) is 4.27. The molecule has 1 aromatic heterocycles. The Hall–Kier alpha value is -1.63. The van der Waals surface area contributed by atoms with Crippen molar-refractivity contribution in [2.45, 2.75) is 40.5 Å². The van der Waals surface area contributed by atoms with Gasteiger partial charge in [0.1, 0.15) is 7.05 Å². The molecule has 0 aliphatic heterocycles. The van der Waals surface area contributed by atoms with E-state index in [-0.39, 0.29) is 0 Å². The van der Waals surface area contributed by atoms with E-state index in [0.29, 0.717) is 5.41 Å². The zero-order valence-electron chi connectivity index (χ0n) is 13.4. The van der Waals surface area contributed by atoms with Gasteiger partial charge in [0, 0.05) is 17.2 Å². The van der Waals surface area contributed by atoms with Gasteiger partial charge in [-0.1, -0.05) is 39.0 Å². The molecule has 0 fully saturated rings. The molecule has 0 aliphatic carbocycles. The Morgan fingerprint density at radius 2 is 1.70 bits per heavy atom. The maximum Gasteiger partial charge on any atom is 0.212 e. The number of benzene rings is 1. The van der Waals surface area contributed by atoms with E-state index in [1.165, 1.54) is 28.8 Å². The summed E-state index contributed by atoms with van der Waals surface area (Å²) in [6.45, 7) is 9.07. The van der Waals surface area contributed by atoms with Crippen molar-refractivity contribution >= 4 is 0 Å². The molecule has 0 spiro atoms. The van der Waals surface area contributed by atoms with Crippen molar-refractivity contribution in [2.75, 3.05) is 0 Å². The van der Waals surface area contributed by atoms with Crippen molar-refractivity contribution < 1.29 is 4.57 Å². The second-order valence-electron chi connectivity index (χ2n) is 6.91. The third-order valence-corrected chi connectivity index (χ3v) is 3.78. The molecule has 0 saturated carbocycles. The molecule has 106 valence electrons. The maximum absolute atomic E-state index is 2.30. The highest BCUT2D eigenvalue weighted by Gasteiger charge is 2.14. The number of pyridine rings is 1. The average Bonchev–Trinajstić information content (AvgIpc) is 2.37.